The van der Waals surface area contributed by atoms with Crippen LogP contribution in [0.2, 0.25) is 0 Å². The van der Waals surface area contributed by atoms with E-state index in [-0.39, 0.29) is 0 Å². The summed E-state index contributed by atoms with van der Waals surface area (Å²) >= 11 is 3.56. The summed E-state index contributed by atoms with van der Waals surface area (Å²) in [4.78, 5) is 0. The van der Waals surface area contributed by atoms with Crippen molar-refractivity contribution in [1.82, 2.24) is 0 Å². The molecule has 2 atom stereocenters. The van der Waals surface area contributed by atoms with Gasteiger partial charge in [-0.25, -0.2) is 8.42 Å². The first-order chi connectivity index (χ1) is 8.59. The maximum atomic E-state index is 11.5. The van der Waals surface area contributed by atoms with E-state index in [9.17, 15) is 8.42 Å². The second-order valence-corrected chi connectivity index (χ2v) is 8.51. The Morgan fingerprint density at radius 2 is 1.83 bits per heavy atom. The molecular weight excluding hydrogens is 312 g/mol. The Morgan fingerprint density at radius 1 is 1.17 bits per heavy atom. The van der Waals surface area contributed by atoms with Crippen molar-refractivity contribution in [2.75, 3.05) is 16.8 Å². The molecule has 0 N–H and O–H groups in total. The van der Waals surface area contributed by atoms with Gasteiger partial charge in [0.05, 0.1) is 11.5 Å². The van der Waals surface area contributed by atoms with E-state index in [0.29, 0.717) is 23.3 Å². The molecule has 1 heterocycles. The third-order valence-corrected chi connectivity index (χ3v) is 6.69. The maximum absolute atomic E-state index is 11.5. The Labute approximate surface area is 121 Å². The van der Waals surface area contributed by atoms with Crippen LogP contribution in [-0.2, 0) is 9.84 Å². The second-order valence-electron chi connectivity index (χ2n) is 5.63. The Balaban J connectivity index is 2.18. The van der Waals surface area contributed by atoms with Crippen LogP contribution in [0.3, 0.4) is 0 Å². The lowest BCUT2D eigenvalue weighted by atomic mass is 9.89. The molecule has 0 spiro atoms. The molecule has 1 rings (SSSR count). The zero-order valence-electron chi connectivity index (χ0n) is 11.5. The van der Waals surface area contributed by atoms with Gasteiger partial charge in [-0.1, -0.05) is 61.4 Å². The van der Waals surface area contributed by atoms with Crippen LogP contribution in [0.4, 0.5) is 0 Å². The van der Waals surface area contributed by atoms with E-state index in [2.05, 4.69) is 22.9 Å². The summed E-state index contributed by atoms with van der Waals surface area (Å²) in [5, 5.41) is 0.960. The normalized spacial score (nSPS) is 24.2. The lowest BCUT2D eigenvalue weighted by Gasteiger charge is -2.19. The molecule has 0 bridgehead atoms. The van der Waals surface area contributed by atoms with E-state index < -0.39 is 9.84 Å². The standard InChI is InChI=1S/C14H27BrO2S/c1-2-3-4-5-6-7-8-13(11-15)14-9-10-18(16,17)12-14/h13-14H,2-12H2,1H3. The van der Waals surface area contributed by atoms with Gasteiger partial charge in [0.2, 0.25) is 0 Å². The number of alkyl halides is 1. The molecule has 0 saturated carbocycles. The summed E-state index contributed by atoms with van der Waals surface area (Å²) in [5.74, 6) is 1.81. The molecule has 0 amide bonds. The van der Waals surface area contributed by atoms with Crippen molar-refractivity contribution in [2.45, 2.75) is 58.3 Å². The van der Waals surface area contributed by atoms with Crippen molar-refractivity contribution in [3.05, 3.63) is 0 Å². The van der Waals surface area contributed by atoms with E-state index >= 15 is 0 Å². The van der Waals surface area contributed by atoms with E-state index in [4.69, 9.17) is 0 Å². The van der Waals surface area contributed by atoms with Crippen LogP contribution in [-0.4, -0.2) is 25.3 Å². The highest BCUT2D eigenvalue weighted by Crippen LogP contribution is 2.30. The Kier molecular flexibility index (Phi) is 7.85. The summed E-state index contributed by atoms with van der Waals surface area (Å²) in [7, 11) is -2.71. The van der Waals surface area contributed by atoms with Crippen molar-refractivity contribution in [3.8, 4) is 0 Å². The molecule has 1 aliphatic heterocycles. The smallest absolute Gasteiger partial charge is 0.150 e. The largest absolute Gasteiger partial charge is 0.229 e. The average Bonchev–Trinajstić information content (AvgIpc) is 2.69. The van der Waals surface area contributed by atoms with Crippen molar-refractivity contribution in [2.24, 2.45) is 11.8 Å². The minimum Gasteiger partial charge on any atom is -0.229 e. The van der Waals surface area contributed by atoms with Crippen molar-refractivity contribution in [3.63, 3.8) is 0 Å². The number of halogens is 1. The fourth-order valence-corrected chi connectivity index (χ4v) is 5.59. The predicted octanol–water partition coefficient (Wildman–Crippen LogP) is 4.18. The first-order valence-electron chi connectivity index (χ1n) is 7.35. The summed E-state index contributed by atoms with van der Waals surface area (Å²) in [6.45, 7) is 2.24. The third kappa shape index (κ3) is 6.05. The Hall–Kier alpha value is 0.430. The topological polar surface area (TPSA) is 34.1 Å². The molecule has 1 aliphatic rings. The highest BCUT2D eigenvalue weighted by atomic mass is 79.9. The molecule has 4 heteroatoms. The molecule has 0 aliphatic carbocycles. The monoisotopic (exact) mass is 338 g/mol. The van der Waals surface area contributed by atoms with Crippen LogP contribution in [0.25, 0.3) is 0 Å². The van der Waals surface area contributed by atoms with Crippen molar-refractivity contribution in [1.29, 1.82) is 0 Å². The fourth-order valence-electron chi connectivity index (χ4n) is 2.82. The van der Waals surface area contributed by atoms with Crippen LogP contribution in [0, 0.1) is 11.8 Å². The van der Waals surface area contributed by atoms with Gasteiger partial charge in [-0.05, 0) is 24.7 Å². The second kappa shape index (κ2) is 8.57. The molecule has 0 aromatic heterocycles. The molecule has 0 aromatic carbocycles. The number of hydrogen-bond acceptors (Lipinski definition) is 2. The zero-order valence-corrected chi connectivity index (χ0v) is 13.9. The number of sulfone groups is 1. The number of rotatable bonds is 9. The first-order valence-corrected chi connectivity index (χ1v) is 10.3. The number of hydrogen-bond donors (Lipinski definition) is 0. The molecule has 1 saturated heterocycles. The van der Waals surface area contributed by atoms with Gasteiger partial charge in [0.15, 0.2) is 9.84 Å². The van der Waals surface area contributed by atoms with E-state index in [1.54, 1.807) is 0 Å². The number of unbranched alkanes of at least 4 members (excludes halogenated alkanes) is 5. The predicted molar refractivity (Wildman–Crippen MR) is 82.0 cm³/mol. The minimum absolute atomic E-state index is 0.407. The Morgan fingerprint density at radius 3 is 2.39 bits per heavy atom. The fraction of sp³-hybridized carbons (Fsp3) is 1.00. The highest BCUT2D eigenvalue weighted by molar-refractivity contribution is 9.09. The average molecular weight is 339 g/mol. The summed E-state index contributed by atoms with van der Waals surface area (Å²) in [5.41, 5.74) is 0. The molecule has 108 valence electrons. The molecule has 0 aromatic rings. The molecule has 1 fully saturated rings. The van der Waals surface area contributed by atoms with E-state index in [1.807, 2.05) is 0 Å². The van der Waals surface area contributed by atoms with Crippen LogP contribution >= 0.6 is 15.9 Å². The first kappa shape index (κ1) is 16.5. The van der Waals surface area contributed by atoms with Crippen molar-refractivity contribution < 1.29 is 8.42 Å². The molecule has 0 radical (unpaired) electrons. The van der Waals surface area contributed by atoms with Gasteiger partial charge in [-0.15, -0.1) is 0 Å². The lowest BCUT2D eigenvalue weighted by molar-refractivity contribution is 0.364. The summed E-state index contributed by atoms with van der Waals surface area (Å²) < 4.78 is 23.0. The van der Waals surface area contributed by atoms with Gasteiger partial charge in [0.25, 0.3) is 0 Å². The van der Waals surface area contributed by atoms with Crippen LogP contribution in [0.1, 0.15) is 58.3 Å². The Bertz CT molecular complexity index is 314. The maximum Gasteiger partial charge on any atom is 0.150 e. The van der Waals surface area contributed by atoms with Gasteiger partial charge in [-0.2, -0.15) is 0 Å². The van der Waals surface area contributed by atoms with E-state index in [1.165, 1.54) is 44.9 Å². The van der Waals surface area contributed by atoms with E-state index in [0.717, 1.165) is 11.8 Å². The summed E-state index contributed by atoms with van der Waals surface area (Å²) in [6.07, 6.45) is 9.98. The van der Waals surface area contributed by atoms with Crippen LogP contribution < -0.4 is 0 Å². The van der Waals surface area contributed by atoms with Crippen LogP contribution in [0.15, 0.2) is 0 Å². The van der Waals surface area contributed by atoms with Crippen molar-refractivity contribution >= 4 is 25.8 Å². The minimum atomic E-state index is -2.71. The van der Waals surface area contributed by atoms with Gasteiger partial charge < -0.3 is 0 Å². The van der Waals surface area contributed by atoms with Gasteiger partial charge in [0, 0.05) is 5.33 Å². The quantitative estimate of drug-likeness (QED) is 0.466. The van der Waals surface area contributed by atoms with Crippen LogP contribution in [0.5, 0.6) is 0 Å². The highest BCUT2D eigenvalue weighted by Gasteiger charge is 2.32. The van der Waals surface area contributed by atoms with Gasteiger partial charge in [0.1, 0.15) is 0 Å². The van der Waals surface area contributed by atoms with Gasteiger partial charge >= 0.3 is 0 Å². The summed E-state index contributed by atoms with van der Waals surface area (Å²) in [6, 6.07) is 0. The lowest BCUT2D eigenvalue weighted by Crippen LogP contribution is -2.17. The molecule has 2 nitrogen and oxygen atoms in total. The SMILES string of the molecule is CCCCCCCCC(CBr)C1CCS(=O)(=O)C1. The molecular formula is C14H27BrO2S. The zero-order chi connectivity index (χ0) is 13.4. The third-order valence-electron chi connectivity index (χ3n) is 4.06. The molecule has 18 heavy (non-hydrogen) atoms. The molecule has 2 unspecified atom stereocenters. The van der Waals surface area contributed by atoms with Gasteiger partial charge in [-0.3, -0.25) is 0 Å².